The molecule has 0 atom stereocenters. The number of carbonyl (C=O) groups is 3. The summed E-state index contributed by atoms with van der Waals surface area (Å²) in [4.78, 5) is 35.8. The molecule has 112 valence electrons. The molecule has 0 spiro atoms. The van der Waals surface area contributed by atoms with Gasteiger partial charge in [-0.2, -0.15) is 0 Å². The fourth-order valence-electron chi connectivity index (χ4n) is 2.56. The molecular formula is C13H21N3O4. The maximum Gasteiger partial charge on any atom is 0.321 e. The van der Waals surface area contributed by atoms with Crippen molar-refractivity contribution >= 4 is 17.9 Å². The van der Waals surface area contributed by atoms with E-state index in [1.54, 1.807) is 4.90 Å². The van der Waals surface area contributed by atoms with Gasteiger partial charge in [0.15, 0.2) is 0 Å². The molecule has 2 fully saturated rings. The predicted molar refractivity (Wildman–Crippen MR) is 71.2 cm³/mol. The van der Waals surface area contributed by atoms with Gasteiger partial charge in [0.25, 0.3) is 0 Å². The quantitative estimate of drug-likeness (QED) is 0.651. The first-order valence-electron chi connectivity index (χ1n) is 7.11. The Kier molecular flexibility index (Phi) is 4.94. The number of urea groups is 1. The number of hydrogen-bond acceptors (Lipinski definition) is 4. The van der Waals surface area contributed by atoms with Crippen LogP contribution in [0, 0.1) is 0 Å². The van der Waals surface area contributed by atoms with Gasteiger partial charge in [-0.3, -0.25) is 19.8 Å². The van der Waals surface area contributed by atoms with E-state index >= 15 is 0 Å². The minimum atomic E-state index is -0.952. The van der Waals surface area contributed by atoms with Crippen molar-refractivity contribution in [3.8, 4) is 0 Å². The molecule has 0 bridgehead atoms. The van der Waals surface area contributed by atoms with Crippen LogP contribution in [0.25, 0.3) is 0 Å². The monoisotopic (exact) mass is 283 g/mol. The Hall–Kier alpha value is -1.63. The lowest BCUT2D eigenvalue weighted by Crippen LogP contribution is -2.48. The zero-order valence-electron chi connectivity index (χ0n) is 11.4. The van der Waals surface area contributed by atoms with Gasteiger partial charge >= 0.3 is 12.0 Å². The number of amides is 3. The summed E-state index contributed by atoms with van der Waals surface area (Å²) in [7, 11) is 0. The highest BCUT2D eigenvalue weighted by atomic mass is 16.4. The van der Waals surface area contributed by atoms with Crippen molar-refractivity contribution in [3.05, 3.63) is 0 Å². The smallest absolute Gasteiger partial charge is 0.321 e. The van der Waals surface area contributed by atoms with Crippen LogP contribution < -0.4 is 10.6 Å². The van der Waals surface area contributed by atoms with Crippen LogP contribution in [-0.4, -0.2) is 53.1 Å². The second-order valence-electron chi connectivity index (χ2n) is 5.53. The van der Waals surface area contributed by atoms with E-state index in [1.807, 2.05) is 0 Å². The summed E-state index contributed by atoms with van der Waals surface area (Å²) in [6, 6.07) is -0.171. The Morgan fingerprint density at radius 3 is 2.25 bits per heavy atom. The van der Waals surface area contributed by atoms with E-state index in [2.05, 4.69) is 10.6 Å². The van der Waals surface area contributed by atoms with Gasteiger partial charge in [-0.25, -0.2) is 4.79 Å². The SMILES string of the molecule is O=C(O)CN(CC(=O)NC(=O)NC1CC1)C1CCCC1. The predicted octanol–water partition coefficient (Wildman–Crippen LogP) is 0.304. The third-order valence-electron chi connectivity index (χ3n) is 3.69. The average Bonchev–Trinajstić information content (AvgIpc) is 2.99. The van der Waals surface area contributed by atoms with Crippen LogP contribution in [0.15, 0.2) is 0 Å². The molecule has 0 aliphatic heterocycles. The number of rotatable bonds is 6. The van der Waals surface area contributed by atoms with Gasteiger partial charge in [0.2, 0.25) is 5.91 Å². The summed E-state index contributed by atoms with van der Waals surface area (Å²) < 4.78 is 0. The first-order valence-corrected chi connectivity index (χ1v) is 7.11. The van der Waals surface area contributed by atoms with Gasteiger partial charge in [0.05, 0.1) is 13.1 Å². The molecule has 0 aromatic rings. The van der Waals surface area contributed by atoms with Crippen LogP contribution in [0.2, 0.25) is 0 Å². The van der Waals surface area contributed by atoms with Crippen molar-refractivity contribution < 1.29 is 19.5 Å². The maximum atomic E-state index is 11.8. The van der Waals surface area contributed by atoms with Crippen molar-refractivity contribution in [2.45, 2.75) is 50.6 Å². The van der Waals surface area contributed by atoms with Crippen molar-refractivity contribution in [1.82, 2.24) is 15.5 Å². The summed E-state index contributed by atoms with van der Waals surface area (Å²) in [5.41, 5.74) is 0. The van der Waals surface area contributed by atoms with Gasteiger partial charge in [0.1, 0.15) is 0 Å². The first kappa shape index (κ1) is 14.8. The summed E-state index contributed by atoms with van der Waals surface area (Å²) in [5, 5.41) is 13.8. The van der Waals surface area contributed by atoms with Crippen LogP contribution in [0.4, 0.5) is 4.79 Å². The third kappa shape index (κ3) is 4.80. The molecule has 0 aromatic carbocycles. The molecule has 0 radical (unpaired) electrons. The number of carboxylic acid groups (broad SMARTS) is 1. The van der Waals surface area contributed by atoms with E-state index in [9.17, 15) is 14.4 Å². The average molecular weight is 283 g/mol. The lowest BCUT2D eigenvalue weighted by molar-refractivity contribution is -0.139. The second kappa shape index (κ2) is 6.69. The molecule has 0 aromatic heterocycles. The molecule has 2 saturated carbocycles. The highest BCUT2D eigenvalue weighted by molar-refractivity contribution is 5.95. The molecule has 2 aliphatic rings. The van der Waals surface area contributed by atoms with Crippen molar-refractivity contribution in [3.63, 3.8) is 0 Å². The number of hydrogen-bond donors (Lipinski definition) is 3. The largest absolute Gasteiger partial charge is 0.480 e. The molecule has 0 heterocycles. The summed E-state index contributed by atoms with van der Waals surface area (Å²) >= 11 is 0. The molecule has 2 aliphatic carbocycles. The van der Waals surface area contributed by atoms with Crippen LogP contribution in [0.1, 0.15) is 38.5 Å². The molecule has 3 N–H and O–H groups in total. The molecular weight excluding hydrogens is 262 g/mol. The second-order valence-corrected chi connectivity index (χ2v) is 5.53. The molecule has 2 rings (SSSR count). The Morgan fingerprint density at radius 1 is 1.05 bits per heavy atom. The number of aliphatic carboxylic acids is 1. The number of imide groups is 1. The van der Waals surface area contributed by atoms with Gasteiger partial charge in [-0.1, -0.05) is 12.8 Å². The van der Waals surface area contributed by atoms with E-state index in [0.717, 1.165) is 38.5 Å². The Bertz CT molecular complexity index is 389. The van der Waals surface area contributed by atoms with Crippen molar-refractivity contribution in [1.29, 1.82) is 0 Å². The van der Waals surface area contributed by atoms with Gasteiger partial charge in [-0.15, -0.1) is 0 Å². The Labute approximate surface area is 117 Å². The Balaban J connectivity index is 1.80. The zero-order chi connectivity index (χ0) is 14.5. The topological polar surface area (TPSA) is 98.7 Å². The van der Waals surface area contributed by atoms with E-state index in [-0.39, 0.29) is 25.2 Å². The van der Waals surface area contributed by atoms with Crippen LogP contribution in [0.3, 0.4) is 0 Å². The number of nitrogens with zero attached hydrogens (tertiary/aromatic N) is 1. The highest BCUT2D eigenvalue weighted by Gasteiger charge is 2.27. The minimum Gasteiger partial charge on any atom is -0.480 e. The molecule has 7 heteroatoms. The van der Waals surface area contributed by atoms with E-state index in [4.69, 9.17) is 5.11 Å². The summed E-state index contributed by atoms with van der Waals surface area (Å²) in [6.07, 6.45) is 5.85. The van der Waals surface area contributed by atoms with Crippen molar-refractivity contribution in [2.24, 2.45) is 0 Å². The highest BCUT2D eigenvalue weighted by Crippen LogP contribution is 2.23. The van der Waals surface area contributed by atoms with E-state index in [1.165, 1.54) is 0 Å². The molecule has 0 unspecified atom stereocenters. The summed E-state index contributed by atoms with van der Waals surface area (Å²) in [6.45, 7) is -0.211. The van der Waals surface area contributed by atoms with Crippen molar-refractivity contribution in [2.75, 3.05) is 13.1 Å². The number of carbonyl (C=O) groups excluding carboxylic acids is 2. The van der Waals surface area contributed by atoms with E-state index < -0.39 is 17.9 Å². The normalized spacial score (nSPS) is 19.1. The third-order valence-corrected chi connectivity index (χ3v) is 3.69. The fraction of sp³-hybridized carbons (Fsp3) is 0.769. The number of carboxylic acids is 1. The van der Waals surface area contributed by atoms with Crippen LogP contribution in [-0.2, 0) is 9.59 Å². The zero-order valence-corrected chi connectivity index (χ0v) is 11.4. The lowest BCUT2D eigenvalue weighted by Gasteiger charge is -2.26. The van der Waals surface area contributed by atoms with Crippen LogP contribution >= 0.6 is 0 Å². The van der Waals surface area contributed by atoms with Gasteiger partial charge in [-0.05, 0) is 25.7 Å². The molecule has 3 amide bonds. The van der Waals surface area contributed by atoms with Gasteiger partial charge < -0.3 is 10.4 Å². The number of nitrogens with one attached hydrogen (secondary N) is 2. The Morgan fingerprint density at radius 2 is 1.70 bits per heavy atom. The maximum absolute atomic E-state index is 11.8. The summed E-state index contributed by atoms with van der Waals surface area (Å²) in [5.74, 6) is -1.40. The molecule has 20 heavy (non-hydrogen) atoms. The molecule has 0 saturated heterocycles. The van der Waals surface area contributed by atoms with Gasteiger partial charge in [0, 0.05) is 12.1 Å². The van der Waals surface area contributed by atoms with Crippen LogP contribution in [0.5, 0.6) is 0 Å². The first-order chi connectivity index (χ1) is 9.54. The lowest BCUT2D eigenvalue weighted by atomic mass is 10.2. The molecule has 7 nitrogen and oxygen atoms in total. The standard InChI is InChI=1S/C13H21N3O4/c17-11(15-13(20)14-9-5-6-9)7-16(8-12(18)19)10-3-1-2-4-10/h9-10H,1-8H2,(H,18,19)(H2,14,15,17,20). The fourth-order valence-corrected chi connectivity index (χ4v) is 2.56. The minimum absolute atomic E-state index is 0.0466. The van der Waals surface area contributed by atoms with E-state index in [0.29, 0.717) is 0 Å².